The van der Waals surface area contributed by atoms with E-state index in [-0.39, 0.29) is 22.9 Å². The van der Waals surface area contributed by atoms with Crippen LogP contribution in [0.25, 0.3) is 0 Å². The van der Waals surface area contributed by atoms with Crippen molar-refractivity contribution in [3.63, 3.8) is 0 Å². The number of benzene rings is 1. The van der Waals surface area contributed by atoms with E-state index in [1.54, 1.807) is 0 Å². The molecule has 0 spiro atoms. The zero-order chi connectivity index (χ0) is 20.1. The van der Waals surface area contributed by atoms with Crippen molar-refractivity contribution in [3.8, 4) is 0 Å². The van der Waals surface area contributed by atoms with Gasteiger partial charge in [-0.3, -0.25) is 5.01 Å². The second kappa shape index (κ2) is 9.18. The maximum atomic E-state index is 14.5. The second-order valence-corrected chi connectivity index (χ2v) is 7.60. The molecule has 0 fully saturated rings. The molecule has 0 amide bonds. The molecule has 0 saturated heterocycles. The number of nitrogens with zero attached hydrogens (tertiary/aromatic N) is 2. The average Bonchev–Trinajstić information content (AvgIpc) is 2.63. The van der Waals surface area contributed by atoms with Crippen LogP contribution in [0.4, 0.5) is 10.1 Å². The summed E-state index contributed by atoms with van der Waals surface area (Å²) < 4.78 is 25.8. The highest BCUT2D eigenvalue weighted by Crippen LogP contribution is 2.28. The van der Waals surface area contributed by atoms with Crippen LogP contribution >= 0.6 is 0 Å². The number of rotatable bonds is 6. The molecule has 0 aromatic heterocycles. The van der Waals surface area contributed by atoms with E-state index >= 15 is 0 Å². The molecule has 1 aliphatic carbocycles. The Bertz CT molecular complexity index is 848. The predicted octanol–water partition coefficient (Wildman–Crippen LogP) is 2.69. The minimum absolute atomic E-state index is 0.0614. The van der Waals surface area contributed by atoms with E-state index in [1.165, 1.54) is 12.1 Å². The van der Waals surface area contributed by atoms with E-state index in [0.29, 0.717) is 18.2 Å². The first kappa shape index (κ1) is 21.2. The largest absolute Gasteiger partial charge is 0.390 e. The zero-order valence-electron chi connectivity index (χ0n) is 15.5. The number of nitrogens with two attached hydrogens (primary N) is 2. The Morgan fingerprint density at radius 3 is 2.81 bits per heavy atom. The van der Waals surface area contributed by atoms with Crippen molar-refractivity contribution >= 4 is 22.5 Å². The minimum atomic E-state index is -1.79. The minimum Gasteiger partial charge on any atom is -0.390 e. The SMILES string of the molecule is C=C(CO)N=C(CC1=C(C)C=CC(C)C1)N(N)c1ccc(S(N)=O)cc1F. The Hall–Kier alpha value is -2.13. The molecular weight excluding hydrogens is 367 g/mol. The van der Waals surface area contributed by atoms with Crippen molar-refractivity contribution in [2.45, 2.75) is 31.6 Å². The van der Waals surface area contributed by atoms with Gasteiger partial charge in [-0.25, -0.2) is 24.6 Å². The van der Waals surface area contributed by atoms with Crippen LogP contribution in [-0.2, 0) is 11.0 Å². The lowest BCUT2D eigenvalue weighted by molar-refractivity contribution is 0.330. The van der Waals surface area contributed by atoms with Crippen LogP contribution in [0.3, 0.4) is 0 Å². The Morgan fingerprint density at radius 2 is 2.22 bits per heavy atom. The van der Waals surface area contributed by atoms with E-state index in [2.05, 4.69) is 30.6 Å². The van der Waals surface area contributed by atoms with Crippen LogP contribution in [0, 0.1) is 11.7 Å². The second-order valence-electron chi connectivity index (χ2n) is 6.54. The molecule has 0 radical (unpaired) electrons. The molecule has 6 nitrogen and oxygen atoms in total. The molecule has 1 aromatic rings. The van der Waals surface area contributed by atoms with Crippen LogP contribution in [-0.4, -0.2) is 21.8 Å². The number of amidine groups is 1. The first-order valence-electron chi connectivity index (χ1n) is 8.46. The molecule has 1 aliphatic rings. The number of aliphatic hydroxyl groups is 1. The summed E-state index contributed by atoms with van der Waals surface area (Å²) in [4.78, 5) is 4.45. The molecule has 2 rings (SSSR count). The molecule has 0 heterocycles. The highest BCUT2D eigenvalue weighted by Gasteiger charge is 2.20. The molecule has 0 aliphatic heterocycles. The van der Waals surface area contributed by atoms with E-state index < -0.39 is 16.8 Å². The lowest BCUT2D eigenvalue weighted by Crippen LogP contribution is -2.39. The van der Waals surface area contributed by atoms with Crippen LogP contribution in [0.5, 0.6) is 0 Å². The zero-order valence-corrected chi connectivity index (χ0v) is 16.3. The van der Waals surface area contributed by atoms with E-state index in [0.717, 1.165) is 28.6 Å². The number of anilines is 1. The van der Waals surface area contributed by atoms with Gasteiger partial charge in [-0.2, -0.15) is 0 Å². The fraction of sp³-hybridized carbons (Fsp3) is 0.316. The molecule has 27 heavy (non-hydrogen) atoms. The van der Waals surface area contributed by atoms with E-state index in [4.69, 9.17) is 11.0 Å². The number of hydrogen-bond donors (Lipinski definition) is 3. The molecule has 0 bridgehead atoms. The van der Waals surface area contributed by atoms with Crippen LogP contribution in [0.15, 0.2) is 63.7 Å². The molecule has 1 aromatic carbocycles. The first-order chi connectivity index (χ1) is 12.7. The van der Waals surface area contributed by atoms with Crippen LogP contribution in [0.2, 0.25) is 0 Å². The van der Waals surface area contributed by atoms with E-state index in [1.807, 2.05) is 6.92 Å². The Balaban J connectivity index is 2.40. The summed E-state index contributed by atoms with van der Waals surface area (Å²) in [7, 11) is -1.79. The van der Waals surface area contributed by atoms with Gasteiger partial charge in [-0.15, -0.1) is 0 Å². The summed E-state index contributed by atoms with van der Waals surface area (Å²) in [5, 5.41) is 15.7. The van der Waals surface area contributed by atoms with Crippen molar-refractivity contribution in [2.24, 2.45) is 21.9 Å². The molecule has 2 unspecified atom stereocenters. The monoisotopic (exact) mass is 392 g/mol. The maximum absolute atomic E-state index is 14.5. The summed E-state index contributed by atoms with van der Waals surface area (Å²) in [6.07, 6.45) is 5.41. The summed E-state index contributed by atoms with van der Waals surface area (Å²) in [6.45, 7) is 7.45. The normalized spacial score (nSPS) is 18.6. The van der Waals surface area contributed by atoms with Crippen LogP contribution < -0.4 is 16.0 Å². The van der Waals surface area contributed by atoms with Gasteiger partial charge in [0.1, 0.15) is 22.6 Å². The third kappa shape index (κ3) is 5.43. The number of aliphatic hydroxyl groups excluding tert-OH is 1. The predicted molar refractivity (Wildman–Crippen MR) is 108 cm³/mol. The Labute approximate surface area is 161 Å². The third-order valence-corrected chi connectivity index (χ3v) is 5.05. The summed E-state index contributed by atoms with van der Waals surface area (Å²) >= 11 is 0. The summed E-state index contributed by atoms with van der Waals surface area (Å²) in [5.74, 6) is 6.23. The summed E-state index contributed by atoms with van der Waals surface area (Å²) in [5.41, 5.74) is 2.52. The van der Waals surface area contributed by atoms with Gasteiger partial charge in [0.15, 0.2) is 0 Å². The quantitative estimate of drug-likeness (QED) is 0.300. The highest BCUT2D eigenvalue weighted by molar-refractivity contribution is 7.82. The number of aliphatic imine (C=N–C) groups is 1. The van der Waals surface area contributed by atoms with E-state index in [9.17, 15) is 13.7 Å². The molecule has 5 N–H and O–H groups in total. The number of allylic oxidation sites excluding steroid dienone is 3. The number of halogens is 1. The van der Waals surface area contributed by atoms with Gasteiger partial charge >= 0.3 is 0 Å². The lowest BCUT2D eigenvalue weighted by Gasteiger charge is -2.25. The van der Waals surface area contributed by atoms with Crippen molar-refractivity contribution in [3.05, 3.63) is 59.6 Å². The smallest absolute Gasteiger partial charge is 0.149 e. The molecule has 0 saturated carbocycles. The molecular formula is C19H25FN4O2S. The molecule has 2 atom stereocenters. The van der Waals surface area contributed by atoms with Gasteiger partial charge in [0.2, 0.25) is 0 Å². The first-order valence-corrected chi connectivity index (χ1v) is 9.67. The van der Waals surface area contributed by atoms with Gasteiger partial charge in [0.05, 0.1) is 22.9 Å². The van der Waals surface area contributed by atoms with Crippen molar-refractivity contribution in [1.29, 1.82) is 0 Å². The van der Waals surface area contributed by atoms with Gasteiger partial charge < -0.3 is 5.11 Å². The van der Waals surface area contributed by atoms with Gasteiger partial charge in [0, 0.05) is 6.42 Å². The Morgan fingerprint density at radius 1 is 1.52 bits per heavy atom. The third-order valence-electron chi connectivity index (χ3n) is 4.33. The Kier molecular flexibility index (Phi) is 7.20. The lowest BCUT2D eigenvalue weighted by atomic mass is 9.89. The fourth-order valence-electron chi connectivity index (χ4n) is 2.79. The van der Waals surface area contributed by atoms with Crippen molar-refractivity contribution in [2.75, 3.05) is 11.6 Å². The topological polar surface area (TPSA) is 105 Å². The highest BCUT2D eigenvalue weighted by atomic mass is 32.2. The standard InChI is InChI=1S/C19H25FN4O2S/c1-12-4-5-13(2)15(8-12)9-19(23-14(3)11-25)24(21)18-7-6-16(27(22)26)10-17(18)20/h4-7,10,12,25H,3,8-9,11,21-22H2,1-2H3. The van der Waals surface area contributed by atoms with Crippen molar-refractivity contribution in [1.82, 2.24) is 0 Å². The van der Waals surface area contributed by atoms with Crippen molar-refractivity contribution < 1.29 is 13.7 Å². The average molecular weight is 393 g/mol. The summed E-state index contributed by atoms with van der Waals surface area (Å²) in [6, 6.07) is 3.93. The molecule has 146 valence electrons. The number of hydrogen-bond acceptors (Lipinski definition) is 4. The van der Waals surface area contributed by atoms with Gasteiger partial charge in [-0.05, 0) is 37.5 Å². The maximum Gasteiger partial charge on any atom is 0.149 e. The van der Waals surface area contributed by atoms with Crippen LogP contribution in [0.1, 0.15) is 26.7 Å². The molecule has 8 heteroatoms. The van der Waals surface area contributed by atoms with Gasteiger partial charge in [-0.1, -0.05) is 36.8 Å². The number of hydrazine groups is 1. The fourth-order valence-corrected chi connectivity index (χ4v) is 3.21. The van der Waals surface area contributed by atoms with Gasteiger partial charge in [0.25, 0.3) is 0 Å².